The van der Waals surface area contributed by atoms with Crippen molar-refractivity contribution >= 4 is 11.5 Å². The predicted octanol–water partition coefficient (Wildman–Crippen LogP) is 3.67. The summed E-state index contributed by atoms with van der Waals surface area (Å²) in [5.41, 5.74) is 3.95. The standard InChI is InChI=1S/C19H19NO2/c21-19(22)18-8-4-7-17(13-18)16-9-11-20(12-10-16)14-15-5-2-1-3-6-15/h1-9,13H,10-12,14H2,(H,21,22). The molecule has 0 saturated carbocycles. The van der Waals surface area contributed by atoms with E-state index < -0.39 is 5.97 Å². The molecule has 112 valence electrons. The normalized spacial score (nSPS) is 15.4. The number of carboxylic acids is 1. The maximum atomic E-state index is 11.1. The molecule has 0 aliphatic carbocycles. The summed E-state index contributed by atoms with van der Waals surface area (Å²) in [6.45, 7) is 2.86. The third-order valence-corrected chi connectivity index (χ3v) is 4.02. The molecule has 3 rings (SSSR count). The van der Waals surface area contributed by atoms with Crippen molar-refractivity contribution < 1.29 is 9.90 Å². The smallest absolute Gasteiger partial charge is 0.335 e. The summed E-state index contributed by atoms with van der Waals surface area (Å²) in [4.78, 5) is 13.5. The first kappa shape index (κ1) is 14.5. The summed E-state index contributed by atoms with van der Waals surface area (Å²) in [7, 11) is 0. The van der Waals surface area contributed by atoms with Gasteiger partial charge >= 0.3 is 5.97 Å². The molecule has 1 N–H and O–H groups in total. The molecular formula is C19H19NO2. The Morgan fingerprint density at radius 1 is 1.09 bits per heavy atom. The summed E-state index contributed by atoms with van der Waals surface area (Å²) in [6.07, 6.45) is 3.17. The summed E-state index contributed by atoms with van der Waals surface area (Å²) >= 11 is 0. The Balaban J connectivity index is 1.68. The zero-order chi connectivity index (χ0) is 15.4. The van der Waals surface area contributed by atoms with Gasteiger partial charge in [0.1, 0.15) is 0 Å². The van der Waals surface area contributed by atoms with Gasteiger partial charge in [0.25, 0.3) is 0 Å². The molecule has 22 heavy (non-hydrogen) atoms. The first-order valence-electron chi connectivity index (χ1n) is 7.51. The number of rotatable bonds is 4. The third kappa shape index (κ3) is 3.43. The maximum Gasteiger partial charge on any atom is 0.335 e. The van der Waals surface area contributed by atoms with Crippen molar-refractivity contribution in [3.8, 4) is 0 Å². The van der Waals surface area contributed by atoms with Gasteiger partial charge in [-0.25, -0.2) is 4.79 Å². The fraction of sp³-hybridized carbons (Fsp3) is 0.211. The molecule has 0 amide bonds. The van der Waals surface area contributed by atoms with E-state index >= 15 is 0 Å². The van der Waals surface area contributed by atoms with Crippen LogP contribution in [0, 0.1) is 0 Å². The largest absolute Gasteiger partial charge is 0.478 e. The van der Waals surface area contributed by atoms with E-state index in [1.165, 1.54) is 11.1 Å². The molecular weight excluding hydrogens is 274 g/mol. The van der Waals surface area contributed by atoms with Crippen LogP contribution in [-0.2, 0) is 6.54 Å². The van der Waals surface area contributed by atoms with E-state index in [4.69, 9.17) is 5.11 Å². The molecule has 0 saturated heterocycles. The lowest BCUT2D eigenvalue weighted by Gasteiger charge is -2.26. The first-order valence-corrected chi connectivity index (χ1v) is 7.51. The first-order chi connectivity index (χ1) is 10.7. The minimum absolute atomic E-state index is 0.352. The lowest BCUT2D eigenvalue weighted by Crippen LogP contribution is -2.28. The SMILES string of the molecule is O=C(O)c1cccc(C2=CCN(Cc3ccccc3)CC2)c1. The van der Waals surface area contributed by atoms with Crippen LogP contribution in [0.5, 0.6) is 0 Å². The van der Waals surface area contributed by atoms with Crippen molar-refractivity contribution in [3.05, 3.63) is 77.4 Å². The monoisotopic (exact) mass is 293 g/mol. The van der Waals surface area contributed by atoms with Crippen LogP contribution in [0.25, 0.3) is 5.57 Å². The van der Waals surface area contributed by atoms with Gasteiger partial charge in [-0.15, -0.1) is 0 Å². The van der Waals surface area contributed by atoms with Crippen molar-refractivity contribution in [3.63, 3.8) is 0 Å². The Kier molecular flexibility index (Phi) is 4.35. The van der Waals surface area contributed by atoms with Gasteiger partial charge in [-0.2, -0.15) is 0 Å². The second kappa shape index (κ2) is 6.58. The van der Waals surface area contributed by atoms with Crippen molar-refractivity contribution in [2.24, 2.45) is 0 Å². The van der Waals surface area contributed by atoms with E-state index in [9.17, 15) is 4.79 Å². The number of carbonyl (C=O) groups is 1. The van der Waals surface area contributed by atoms with Crippen molar-refractivity contribution in [1.82, 2.24) is 4.90 Å². The Hall–Kier alpha value is -2.39. The predicted molar refractivity (Wildman–Crippen MR) is 87.7 cm³/mol. The number of hydrogen-bond acceptors (Lipinski definition) is 2. The topological polar surface area (TPSA) is 40.5 Å². The van der Waals surface area contributed by atoms with E-state index in [1.54, 1.807) is 12.1 Å². The van der Waals surface area contributed by atoms with Crippen LogP contribution in [-0.4, -0.2) is 29.1 Å². The highest BCUT2D eigenvalue weighted by atomic mass is 16.4. The number of aromatic carboxylic acids is 1. The van der Waals surface area contributed by atoms with E-state index in [1.807, 2.05) is 18.2 Å². The number of hydrogen-bond donors (Lipinski definition) is 1. The molecule has 1 aliphatic rings. The summed E-state index contributed by atoms with van der Waals surface area (Å²) < 4.78 is 0. The highest BCUT2D eigenvalue weighted by Gasteiger charge is 2.14. The molecule has 3 heteroatoms. The summed E-state index contributed by atoms with van der Waals surface area (Å²) in [6, 6.07) is 17.7. The van der Waals surface area contributed by atoms with Gasteiger partial charge in [-0.1, -0.05) is 48.5 Å². The lowest BCUT2D eigenvalue weighted by atomic mass is 9.97. The van der Waals surface area contributed by atoms with E-state index in [-0.39, 0.29) is 0 Å². The van der Waals surface area contributed by atoms with Crippen LogP contribution in [0.3, 0.4) is 0 Å². The quantitative estimate of drug-likeness (QED) is 0.935. The Morgan fingerprint density at radius 2 is 1.91 bits per heavy atom. The number of carboxylic acid groups (broad SMARTS) is 1. The molecule has 3 nitrogen and oxygen atoms in total. The van der Waals surface area contributed by atoms with Crippen molar-refractivity contribution in [2.45, 2.75) is 13.0 Å². The van der Waals surface area contributed by atoms with Crippen LogP contribution in [0.15, 0.2) is 60.7 Å². The number of benzene rings is 2. The molecule has 0 bridgehead atoms. The molecule has 0 unspecified atom stereocenters. The van der Waals surface area contributed by atoms with E-state index in [0.717, 1.165) is 31.6 Å². The summed E-state index contributed by atoms with van der Waals surface area (Å²) in [5, 5.41) is 9.09. The Labute approximate surface area is 130 Å². The highest BCUT2D eigenvalue weighted by Crippen LogP contribution is 2.24. The Bertz CT molecular complexity index is 692. The van der Waals surface area contributed by atoms with Gasteiger partial charge in [0, 0.05) is 19.6 Å². The number of nitrogens with zero attached hydrogens (tertiary/aromatic N) is 1. The Morgan fingerprint density at radius 3 is 2.59 bits per heavy atom. The fourth-order valence-electron chi connectivity index (χ4n) is 2.81. The van der Waals surface area contributed by atoms with Crippen LogP contribution < -0.4 is 0 Å². The lowest BCUT2D eigenvalue weighted by molar-refractivity contribution is 0.0697. The second-order valence-corrected chi connectivity index (χ2v) is 5.59. The molecule has 0 fully saturated rings. The van der Waals surface area contributed by atoms with Gasteiger partial charge in [-0.3, -0.25) is 4.90 Å². The molecule has 0 radical (unpaired) electrons. The van der Waals surface area contributed by atoms with Gasteiger partial charge in [0.15, 0.2) is 0 Å². The molecule has 0 spiro atoms. The molecule has 2 aromatic rings. The van der Waals surface area contributed by atoms with Crippen LogP contribution in [0.4, 0.5) is 0 Å². The maximum absolute atomic E-state index is 11.1. The van der Waals surface area contributed by atoms with Gasteiger partial charge in [0.2, 0.25) is 0 Å². The zero-order valence-electron chi connectivity index (χ0n) is 12.4. The molecule has 2 aromatic carbocycles. The minimum atomic E-state index is -0.871. The van der Waals surface area contributed by atoms with Gasteiger partial charge < -0.3 is 5.11 Å². The van der Waals surface area contributed by atoms with Crippen molar-refractivity contribution in [1.29, 1.82) is 0 Å². The third-order valence-electron chi connectivity index (χ3n) is 4.02. The zero-order valence-corrected chi connectivity index (χ0v) is 12.4. The van der Waals surface area contributed by atoms with Crippen LogP contribution in [0.1, 0.15) is 27.9 Å². The van der Waals surface area contributed by atoms with E-state index in [0.29, 0.717) is 5.56 Å². The molecule has 0 aromatic heterocycles. The van der Waals surface area contributed by atoms with Gasteiger partial charge in [-0.05, 0) is 35.3 Å². The molecule has 1 aliphatic heterocycles. The second-order valence-electron chi connectivity index (χ2n) is 5.59. The minimum Gasteiger partial charge on any atom is -0.478 e. The van der Waals surface area contributed by atoms with Crippen molar-refractivity contribution in [2.75, 3.05) is 13.1 Å². The molecule has 1 heterocycles. The average Bonchev–Trinajstić information content (AvgIpc) is 2.56. The highest BCUT2D eigenvalue weighted by molar-refractivity contribution is 5.89. The van der Waals surface area contributed by atoms with E-state index in [2.05, 4.69) is 35.2 Å². The van der Waals surface area contributed by atoms with Crippen LogP contribution >= 0.6 is 0 Å². The fourth-order valence-corrected chi connectivity index (χ4v) is 2.81. The van der Waals surface area contributed by atoms with Crippen LogP contribution in [0.2, 0.25) is 0 Å². The average molecular weight is 293 g/mol. The summed E-state index contributed by atoms with van der Waals surface area (Å²) in [5.74, 6) is -0.871. The molecule has 0 atom stereocenters. The van der Waals surface area contributed by atoms with Gasteiger partial charge in [0.05, 0.1) is 5.56 Å².